The second-order valence-electron chi connectivity index (χ2n) is 4.66. The molecule has 0 bridgehead atoms. The van der Waals surface area contributed by atoms with E-state index in [-0.39, 0.29) is 0 Å². The fourth-order valence-electron chi connectivity index (χ4n) is 0.996. The Balaban J connectivity index is 2.16. The third kappa shape index (κ3) is 4.43. The standard InChI is InChI=1S/C9H19N3OSi/c1-14(2,3)5-4-13-8-12-6-9(10)11-7-12/h6-7H,4-5,8,10H2,1-3H3. The van der Waals surface area contributed by atoms with Crippen LogP contribution in [0.4, 0.5) is 5.82 Å². The van der Waals surface area contributed by atoms with E-state index in [1.807, 2.05) is 4.57 Å². The van der Waals surface area contributed by atoms with E-state index in [1.165, 1.54) is 6.04 Å². The molecular weight excluding hydrogens is 194 g/mol. The van der Waals surface area contributed by atoms with Gasteiger partial charge >= 0.3 is 0 Å². The predicted molar refractivity (Wildman–Crippen MR) is 60.7 cm³/mol. The summed E-state index contributed by atoms with van der Waals surface area (Å²) in [6, 6.07) is 1.19. The van der Waals surface area contributed by atoms with E-state index >= 15 is 0 Å². The minimum Gasteiger partial charge on any atom is -0.382 e. The number of nitrogens with zero attached hydrogens (tertiary/aromatic N) is 2. The molecular formula is C9H19N3OSi. The fourth-order valence-corrected chi connectivity index (χ4v) is 1.75. The van der Waals surface area contributed by atoms with Gasteiger partial charge in [0, 0.05) is 20.9 Å². The lowest BCUT2D eigenvalue weighted by Gasteiger charge is -2.15. The maximum Gasteiger partial charge on any atom is 0.141 e. The highest BCUT2D eigenvalue weighted by atomic mass is 28.3. The van der Waals surface area contributed by atoms with Crippen molar-refractivity contribution in [1.29, 1.82) is 0 Å². The van der Waals surface area contributed by atoms with Crippen molar-refractivity contribution >= 4 is 13.9 Å². The van der Waals surface area contributed by atoms with E-state index in [4.69, 9.17) is 10.5 Å². The first-order valence-electron chi connectivity index (χ1n) is 4.82. The maximum atomic E-state index is 5.51. The van der Waals surface area contributed by atoms with Crippen LogP contribution in [0.5, 0.6) is 0 Å². The maximum absolute atomic E-state index is 5.51. The van der Waals surface area contributed by atoms with Gasteiger partial charge in [0.1, 0.15) is 12.5 Å². The lowest BCUT2D eigenvalue weighted by atomic mass is 10.8. The van der Waals surface area contributed by atoms with Crippen molar-refractivity contribution in [3.8, 4) is 0 Å². The highest BCUT2D eigenvalue weighted by Crippen LogP contribution is 2.07. The molecule has 2 N–H and O–H groups in total. The minimum absolute atomic E-state index is 0.541. The first-order chi connectivity index (χ1) is 6.47. The summed E-state index contributed by atoms with van der Waals surface area (Å²) in [5, 5.41) is 0. The average Bonchev–Trinajstić information content (AvgIpc) is 2.44. The predicted octanol–water partition coefficient (Wildman–Crippen LogP) is 1.78. The van der Waals surface area contributed by atoms with E-state index in [1.54, 1.807) is 12.5 Å². The van der Waals surface area contributed by atoms with E-state index in [0.717, 1.165) is 6.61 Å². The normalized spacial score (nSPS) is 11.9. The van der Waals surface area contributed by atoms with Gasteiger partial charge in [-0.1, -0.05) is 19.6 Å². The Labute approximate surface area is 86.1 Å². The zero-order chi connectivity index (χ0) is 10.6. The molecule has 0 aliphatic carbocycles. The van der Waals surface area contributed by atoms with Crippen LogP contribution in [0.15, 0.2) is 12.5 Å². The Morgan fingerprint density at radius 1 is 1.50 bits per heavy atom. The second kappa shape index (κ2) is 4.61. The van der Waals surface area contributed by atoms with Crippen molar-refractivity contribution in [2.45, 2.75) is 32.4 Å². The summed E-state index contributed by atoms with van der Waals surface area (Å²) < 4.78 is 7.36. The molecule has 1 aromatic heterocycles. The summed E-state index contributed by atoms with van der Waals surface area (Å²) in [6.45, 7) is 8.39. The molecule has 1 heterocycles. The minimum atomic E-state index is -0.965. The molecule has 0 amide bonds. The highest BCUT2D eigenvalue weighted by Gasteiger charge is 2.11. The number of hydrogen-bond acceptors (Lipinski definition) is 3. The van der Waals surface area contributed by atoms with Crippen LogP contribution in [0.1, 0.15) is 0 Å². The monoisotopic (exact) mass is 213 g/mol. The van der Waals surface area contributed by atoms with Crippen molar-refractivity contribution in [3.05, 3.63) is 12.5 Å². The molecule has 14 heavy (non-hydrogen) atoms. The first kappa shape index (κ1) is 11.3. The van der Waals surface area contributed by atoms with Crippen molar-refractivity contribution in [3.63, 3.8) is 0 Å². The number of imidazole rings is 1. The van der Waals surface area contributed by atoms with E-state index in [0.29, 0.717) is 12.5 Å². The molecule has 0 fully saturated rings. The van der Waals surface area contributed by atoms with E-state index in [2.05, 4.69) is 24.6 Å². The molecule has 0 spiro atoms. The molecule has 1 aromatic rings. The molecule has 0 radical (unpaired) electrons. The highest BCUT2D eigenvalue weighted by molar-refractivity contribution is 6.76. The Hall–Kier alpha value is -0.813. The third-order valence-electron chi connectivity index (χ3n) is 1.89. The van der Waals surface area contributed by atoms with Crippen LogP contribution in [0, 0.1) is 0 Å². The smallest absolute Gasteiger partial charge is 0.141 e. The quantitative estimate of drug-likeness (QED) is 0.599. The summed E-state index contributed by atoms with van der Waals surface area (Å²) in [6.07, 6.45) is 3.46. The van der Waals surface area contributed by atoms with Gasteiger partial charge in [0.15, 0.2) is 0 Å². The van der Waals surface area contributed by atoms with Gasteiger partial charge in [0.25, 0.3) is 0 Å². The topological polar surface area (TPSA) is 53.1 Å². The molecule has 0 unspecified atom stereocenters. The number of hydrogen-bond donors (Lipinski definition) is 1. The molecule has 0 saturated heterocycles. The van der Waals surface area contributed by atoms with Gasteiger partial charge in [0.2, 0.25) is 0 Å². The Morgan fingerprint density at radius 3 is 2.71 bits per heavy atom. The van der Waals surface area contributed by atoms with Crippen LogP contribution in [-0.2, 0) is 11.5 Å². The Kier molecular flexibility index (Phi) is 3.71. The molecule has 0 aliphatic heterocycles. The van der Waals surface area contributed by atoms with Gasteiger partial charge in [-0.15, -0.1) is 0 Å². The molecule has 80 valence electrons. The van der Waals surface area contributed by atoms with Crippen LogP contribution in [0.25, 0.3) is 0 Å². The molecule has 0 atom stereocenters. The summed E-state index contributed by atoms with van der Waals surface area (Å²) in [5.74, 6) is 0.541. The zero-order valence-corrected chi connectivity index (χ0v) is 10.2. The molecule has 0 saturated carbocycles. The molecule has 4 nitrogen and oxygen atoms in total. The number of nitrogen functional groups attached to an aromatic ring is 1. The second-order valence-corrected chi connectivity index (χ2v) is 10.3. The SMILES string of the molecule is C[Si](C)(C)CCOCn1cnc(N)c1. The number of nitrogens with two attached hydrogens (primary N) is 1. The van der Waals surface area contributed by atoms with Crippen LogP contribution in [0.2, 0.25) is 25.7 Å². The average molecular weight is 213 g/mol. The van der Waals surface area contributed by atoms with Crippen molar-refractivity contribution < 1.29 is 4.74 Å². The summed E-state index contributed by atoms with van der Waals surface area (Å²) in [7, 11) is -0.965. The van der Waals surface area contributed by atoms with Crippen LogP contribution >= 0.6 is 0 Å². The van der Waals surface area contributed by atoms with Gasteiger partial charge < -0.3 is 15.0 Å². The van der Waals surface area contributed by atoms with E-state index in [9.17, 15) is 0 Å². The fraction of sp³-hybridized carbons (Fsp3) is 0.667. The van der Waals surface area contributed by atoms with Crippen molar-refractivity contribution in [2.24, 2.45) is 0 Å². The lowest BCUT2D eigenvalue weighted by Crippen LogP contribution is -2.21. The Morgan fingerprint density at radius 2 is 2.21 bits per heavy atom. The van der Waals surface area contributed by atoms with Crippen LogP contribution < -0.4 is 5.73 Å². The van der Waals surface area contributed by atoms with Gasteiger partial charge in [-0.3, -0.25) is 0 Å². The summed E-state index contributed by atoms with van der Waals surface area (Å²) >= 11 is 0. The summed E-state index contributed by atoms with van der Waals surface area (Å²) in [4.78, 5) is 3.91. The number of rotatable bonds is 5. The number of aromatic nitrogens is 2. The zero-order valence-electron chi connectivity index (χ0n) is 9.16. The first-order valence-corrected chi connectivity index (χ1v) is 8.53. The van der Waals surface area contributed by atoms with E-state index < -0.39 is 8.07 Å². The molecule has 1 rings (SSSR count). The van der Waals surface area contributed by atoms with Gasteiger partial charge in [-0.05, 0) is 6.04 Å². The van der Waals surface area contributed by atoms with Crippen LogP contribution in [0.3, 0.4) is 0 Å². The van der Waals surface area contributed by atoms with Crippen molar-refractivity contribution in [1.82, 2.24) is 9.55 Å². The van der Waals surface area contributed by atoms with Gasteiger partial charge in [0.05, 0.1) is 6.33 Å². The summed E-state index contributed by atoms with van der Waals surface area (Å²) in [5.41, 5.74) is 5.47. The molecule has 5 heteroatoms. The van der Waals surface area contributed by atoms with Gasteiger partial charge in [-0.25, -0.2) is 4.98 Å². The Bertz CT molecular complexity index is 280. The largest absolute Gasteiger partial charge is 0.382 e. The lowest BCUT2D eigenvalue weighted by molar-refractivity contribution is 0.0872. The number of ether oxygens (including phenoxy) is 1. The molecule has 0 aliphatic rings. The molecule has 0 aromatic carbocycles. The number of anilines is 1. The third-order valence-corrected chi connectivity index (χ3v) is 3.59. The van der Waals surface area contributed by atoms with Crippen molar-refractivity contribution in [2.75, 3.05) is 12.3 Å². The van der Waals surface area contributed by atoms with Crippen LogP contribution in [-0.4, -0.2) is 24.2 Å². The van der Waals surface area contributed by atoms with Gasteiger partial charge in [-0.2, -0.15) is 0 Å².